The molecule has 6 heteroatoms. The van der Waals surface area contributed by atoms with Gasteiger partial charge in [0, 0.05) is 19.7 Å². The maximum atomic E-state index is 6.10. The smallest absolute Gasteiger partial charge is 0.150 e. The van der Waals surface area contributed by atoms with E-state index >= 15 is 0 Å². The van der Waals surface area contributed by atoms with Gasteiger partial charge in [0.2, 0.25) is 0 Å². The first-order valence-electron chi connectivity index (χ1n) is 5.54. The minimum Gasteiger partial charge on any atom is -0.382 e. The Hall–Kier alpha value is -0.710. The molecule has 0 aliphatic rings. The topological polar surface area (TPSA) is 51.4 Å². The molecule has 1 aromatic heterocycles. The summed E-state index contributed by atoms with van der Waals surface area (Å²) in [5, 5.41) is 0.877. The van der Waals surface area contributed by atoms with Crippen molar-refractivity contribution < 1.29 is 4.74 Å². The molecule has 0 unspecified atom stereocenters. The van der Waals surface area contributed by atoms with E-state index in [0.29, 0.717) is 34.9 Å². The van der Waals surface area contributed by atoms with Crippen LogP contribution in [0.25, 0.3) is 0 Å². The molecule has 0 radical (unpaired) electrons. The Morgan fingerprint density at radius 2 is 2.06 bits per heavy atom. The number of ether oxygens (including phenoxy) is 1. The standard InChI is InChI=1S/C11H17Cl2N3O/c1-3-16(5-6-17-4-2)11-9(13)7-8(12)10(14)15-11/h7H,3-6H2,1-2H3,(H2,14,15). The van der Waals surface area contributed by atoms with Crippen LogP contribution in [-0.2, 0) is 4.74 Å². The lowest BCUT2D eigenvalue weighted by atomic mass is 10.4. The van der Waals surface area contributed by atoms with Crippen LogP contribution in [0.5, 0.6) is 0 Å². The fourth-order valence-electron chi connectivity index (χ4n) is 1.43. The Labute approximate surface area is 112 Å². The summed E-state index contributed by atoms with van der Waals surface area (Å²) in [6.45, 7) is 6.81. The number of nitrogens with zero attached hydrogens (tertiary/aromatic N) is 2. The maximum absolute atomic E-state index is 6.10. The number of anilines is 2. The summed E-state index contributed by atoms with van der Waals surface area (Å²) in [5.74, 6) is 0.941. The minimum absolute atomic E-state index is 0.293. The van der Waals surface area contributed by atoms with Crippen LogP contribution in [0.4, 0.5) is 11.6 Å². The number of hydrogen-bond acceptors (Lipinski definition) is 4. The van der Waals surface area contributed by atoms with Crippen LogP contribution in [0.3, 0.4) is 0 Å². The van der Waals surface area contributed by atoms with Crippen molar-refractivity contribution >= 4 is 34.8 Å². The van der Waals surface area contributed by atoms with E-state index in [4.69, 9.17) is 33.7 Å². The predicted molar refractivity (Wildman–Crippen MR) is 73.0 cm³/mol. The van der Waals surface area contributed by atoms with E-state index < -0.39 is 0 Å². The molecule has 0 aromatic carbocycles. The Bertz CT molecular complexity index is 374. The van der Waals surface area contributed by atoms with Crippen LogP contribution in [0.2, 0.25) is 10.0 Å². The van der Waals surface area contributed by atoms with E-state index in [-0.39, 0.29) is 0 Å². The molecular formula is C11H17Cl2N3O. The Kier molecular flexibility index (Phi) is 5.82. The molecule has 0 fully saturated rings. The summed E-state index contributed by atoms with van der Waals surface area (Å²) in [4.78, 5) is 6.21. The van der Waals surface area contributed by atoms with E-state index in [1.165, 1.54) is 0 Å². The molecule has 0 atom stereocenters. The number of rotatable bonds is 6. The second-order valence-corrected chi connectivity index (χ2v) is 4.25. The third-order valence-electron chi connectivity index (χ3n) is 2.33. The van der Waals surface area contributed by atoms with Crippen LogP contribution in [0.15, 0.2) is 6.07 Å². The molecule has 1 heterocycles. The van der Waals surface area contributed by atoms with Crippen molar-refractivity contribution in [1.29, 1.82) is 0 Å². The lowest BCUT2D eigenvalue weighted by Gasteiger charge is -2.23. The van der Waals surface area contributed by atoms with Crippen LogP contribution < -0.4 is 10.6 Å². The Balaban J connectivity index is 2.84. The van der Waals surface area contributed by atoms with Crippen molar-refractivity contribution in [3.63, 3.8) is 0 Å². The van der Waals surface area contributed by atoms with Crippen LogP contribution in [0, 0.1) is 0 Å². The molecule has 0 aliphatic heterocycles. The summed E-state index contributed by atoms with van der Waals surface area (Å²) < 4.78 is 5.31. The number of nitrogen functional groups attached to an aromatic ring is 1. The number of pyridine rings is 1. The van der Waals surface area contributed by atoms with Gasteiger partial charge < -0.3 is 15.4 Å². The molecule has 0 amide bonds. The van der Waals surface area contributed by atoms with Crippen molar-refractivity contribution in [3.05, 3.63) is 16.1 Å². The highest BCUT2D eigenvalue weighted by atomic mass is 35.5. The predicted octanol–water partition coefficient (Wildman–Crippen LogP) is 2.83. The van der Waals surface area contributed by atoms with Gasteiger partial charge in [-0.25, -0.2) is 4.98 Å². The monoisotopic (exact) mass is 277 g/mol. The van der Waals surface area contributed by atoms with Gasteiger partial charge in [0.05, 0.1) is 16.7 Å². The lowest BCUT2D eigenvalue weighted by molar-refractivity contribution is 0.154. The summed E-state index contributed by atoms with van der Waals surface area (Å²) in [6, 6.07) is 1.62. The van der Waals surface area contributed by atoms with Gasteiger partial charge in [-0.3, -0.25) is 0 Å². The van der Waals surface area contributed by atoms with Gasteiger partial charge >= 0.3 is 0 Å². The van der Waals surface area contributed by atoms with E-state index in [0.717, 1.165) is 13.1 Å². The number of hydrogen-bond donors (Lipinski definition) is 1. The largest absolute Gasteiger partial charge is 0.382 e. The maximum Gasteiger partial charge on any atom is 0.150 e. The van der Waals surface area contributed by atoms with Crippen molar-refractivity contribution in [2.24, 2.45) is 0 Å². The highest BCUT2D eigenvalue weighted by Crippen LogP contribution is 2.29. The van der Waals surface area contributed by atoms with E-state index in [1.807, 2.05) is 18.7 Å². The molecule has 0 aliphatic carbocycles. The highest BCUT2D eigenvalue weighted by Gasteiger charge is 2.13. The van der Waals surface area contributed by atoms with E-state index in [2.05, 4.69) is 4.98 Å². The molecule has 0 bridgehead atoms. The van der Waals surface area contributed by atoms with Crippen LogP contribution >= 0.6 is 23.2 Å². The molecule has 1 rings (SSSR count). The normalized spacial score (nSPS) is 10.6. The van der Waals surface area contributed by atoms with Gasteiger partial charge in [-0.05, 0) is 19.9 Å². The van der Waals surface area contributed by atoms with E-state index in [1.54, 1.807) is 6.07 Å². The number of halogens is 2. The molecule has 2 N–H and O–H groups in total. The average molecular weight is 278 g/mol. The molecule has 4 nitrogen and oxygen atoms in total. The lowest BCUT2D eigenvalue weighted by Crippen LogP contribution is -2.28. The molecular weight excluding hydrogens is 261 g/mol. The molecule has 1 aromatic rings. The Morgan fingerprint density at radius 3 is 2.65 bits per heavy atom. The van der Waals surface area contributed by atoms with Crippen molar-refractivity contribution in [1.82, 2.24) is 4.98 Å². The van der Waals surface area contributed by atoms with Gasteiger partial charge in [-0.15, -0.1) is 0 Å². The molecule has 96 valence electrons. The number of nitrogens with two attached hydrogens (primary N) is 1. The van der Waals surface area contributed by atoms with Gasteiger partial charge in [-0.2, -0.15) is 0 Å². The molecule has 0 saturated heterocycles. The fourth-order valence-corrected chi connectivity index (χ4v) is 1.90. The number of aromatic nitrogens is 1. The first-order valence-corrected chi connectivity index (χ1v) is 6.29. The highest BCUT2D eigenvalue weighted by molar-refractivity contribution is 6.37. The Morgan fingerprint density at radius 1 is 1.35 bits per heavy atom. The first-order chi connectivity index (χ1) is 8.10. The van der Waals surface area contributed by atoms with Gasteiger partial charge in [-0.1, -0.05) is 23.2 Å². The average Bonchev–Trinajstić information content (AvgIpc) is 2.30. The number of likely N-dealkylation sites (N-methyl/N-ethyl adjacent to an activating group) is 1. The third kappa shape index (κ3) is 3.91. The quantitative estimate of drug-likeness (QED) is 0.813. The van der Waals surface area contributed by atoms with E-state index in [9.17, 15) is 0 Å². The molecule has 0 spiro atoms. The minimum atomic E-state index is 0.293. The summed E-state index contributed by atoms with van der Waals surface area (Å²) in [5.41, 5.74) is 5.68. The summed E-state index contributed by atoms with van der Waals surface area (Å²) in [7, 11) is 0. The molecule has 17 heavy (non-hydrogen) atoms. The summed E-state index contributed by atoms with van der Waals surface area (Å²) >= 11 is 11.9. The van der Waals surface area contributed by atoms with Crippen molar-refractivity contribution in [2.45, 2.75) is 13.8 Å². The SMILES string of the molecule is CCOCCN(CC)c1nc(N)c(Cl)cc1Cl. The van der Waals surface area contributed by atoms with Crippen LogP contribution in [0.1, 0.15) is 13.8 Å². The van der Waals surface area contributed by atoms with Crippen molar-refractivity contribution in [3.8, 4) is 0 Å². The zero-order valence-corrected chi connectivity index (χ0v) is 11.6. The van der Waals surface area contributed by atoms with Crippen LogP contribution in [-0.4, -0.2) is 31.3 Å². The van der Waals surface area contributed by atoms with Gasteiger partial charge in [0.15, 0.2) is 0 Å². The second kappa shape index (κ2) is 6.89. The third-order valence-corrected chi connectivity index (χ3v) is 2.91. The second-order valence-electron chi connectivity index (χ2n) is 3.44. The first kappa shape index (κ1) is 14.4. The van der Waals surface area contributed by atoms with Gasteiger partial charge in [0.1, 0.15) is 11.6 Å². The zero-order chi connectivity index (χ0) is 12.8. The molecule has 0 saturated carbocycles. The van der Waals surface area contributed by atoms with Gasteiger partial charge in [0.25, 0.3) is 0 Å². The zero-order valence-electron chi connectivity index (χ0n) is 10.0. The fraction of sp³-hybridized carbons (Fsp3) is 0.545. The summed E-state index contributed by atoms with van der Waals surface area (Å²) in [6.07, 6.45) is 0. The van der Waals surface area contributed by atoms with Crippen molar-refractivity contribution in [2.75, 3.05) is 36.9 Å².